The molecule has 1 aliphatic rings. The Labute approximate surface area is 223 Å². The van der Waals surface area contributed by atoms with E-state index in [1.807, 2.05) is 32.0 Å². The number of allylic oxidation sites excluding steroid dienone is 1. The van der Waals surface area contributed by atoms with E-state index in [1.165, 1.54) is 33.4 Å². The molecule has 0 aromatic heterocycles. The standard InChI is InChI=1S/C32H37NO2.C2H6/c1-24(2)33-20-18-27(19-21-33)26-14-16-30(17-15-26)32(29-12-10-25(23-35)11-13-29)31(9-6-22-34)28-7-4-3-5-8-28;1-2/h3-5,7-8,10-18,24,34-35H,6,9,19-23H2,1-2H3;1-2H3/b32-31-;. The lowest BCUT2D eigenvalue weighted by atomic mass is 9.86. The van der Waals surface area contributed by atoms with Gasteiger partial charge in [-0.1, -0.05) is 98.8 Å². The highest BCUT2D eigenvalue weighted by Gasteiger charge is 2.17. The van der Waals surface area contributed by atoms with E-state index in [2.05, 4.69) is 85.5 Å². The Hall–Kier alpha value is -2.98. The number of hydrogen-bond acceptors (Lipinski definition) is 3. The molecule has 3 aromatic rings. The van der Waals surface area contributed by atoms with Crippen molar-refractivity contribution in [1.82, 2.24) is 4.90 Å². The lowest BCUT2D eigenvalue weighted by Gasteiger charge is -2.29. The fraction of sp³-hybridized carbons (Fsp3) is 0.353. The summed E-state index contributed by atoms with van der Waals surface area (Å²) in [5.41, 5.74) is 9.50. The first kappa shape index (κ1) is 28.6. The Balaban J connectivity index is 0.00000186. The predicted octanol–water partition coefficient (Wildman–Crippen LogP) is 7.43. The summed E-state index contributed by atoms with van der Waals surface area (Å²) in [6, 6.07) is 28.2. The van der Waals surface area contributed by atoms with Crippen LogP contribution in [0.15, 0.2) is 84.9 Å². The topological polar surface area (TPSA) is 43.7 Å². The molecule has 0 spiro atoms. The number of aliphatic hydroxyl groups is 2. The van der Waals surface area contributed by atoms with Gasteiger partial charge in [0.2, 0.25) is 0 Å². The van der Waals surface area contributed by atoms with Crippen LogP contribution in [0.2, 0.25) is 0 Å². The van der Waals surface area contributed by atoms with Crippen LogP contribution in [-0.4, -0.2) is 40.9 Å². The van der Waals surface area contributed by atoms with E-state index in [0.29, 0.717) is 12.5 Å². The molecule has 0 radical (unpaired) electrons. The van der Waals surface area contributed by atoms with Gasteiger partial charge in [0.1, 0.15) is 0 Å². The number of aliphatic hydroxyl groups excluding tert-OH is 2. The van der Waals surface area contributed by atoms with E-state index in [9.17, 15) is 10.2 Å². The Morgan fingerprint density at radius 3 is 1.95 bits per heavy atom. The van der Waals surface area contributed by atoms with Gasteiger partial charge in [-0.2, -0.15) is 0 Å². The highest BCUT2D eigenvalue weighted by molar-refractivity contribution is 5.98. The first-order valence-corrected chi connectivity index (χ1v) is 13.7. The molecule has 4 rings (SSSR count). The molecule has 0 aliphatic carbocycles. The van der Waals surface area contributed by atoms with Gasteiger partial charge in [0, 0.05) is 25.7 Å². The fourth-order valence-electron chi connectivity index (χ4n) is 4.87. The maximum absolute atomic E-state index is 9.63. The zero-order chi connectivity index (χ0) is 26.6. The van der Waals surface area contributed by atoms with Gasteiger partial charge in [0.05, 0.1) is 6.61 Å². The van der Waals surface area contributed by atoms with E-state index >= 15 is 0 Å². The molecule has 3 nitrogen and oxygen atoms in total. The van der Waals surface area contributed by atoms with Crippen molar-refractivity contribution in [2.45, 2.75) is 59.6 Å². The van der Waals surface area contributed by atoms with Crippen LogP contribution in [0.4, 0.5) is 0 Å². The summed E-state index contributed by atoms with van der Waals surface area (Å²) in [6.45, 7) is 10.8. The van der Waals surface area contributed by atoms with Crippen molar-refractivity contribution < 1.29 is 10.2 Å². The molecule has 0 atom stereocenters. The third-order valence-electron chi connectivity index (χ3n) is 6.95. The van der Waals surface area contributed by atoms with Crippen molar-refractivity contribution in [3.05, 3.63) is 113 Å². The summed E-state index contributed by atoms with van der Waals surface area (Å²) in [5.74, 6) is 0. The third kappa shape index (κ3) is 7.52. The molecule has 196 valence electrons. The molecule has 0 unspecified atom stereocenters. The van der Waals surface area contributed by atoms with Gasteiger partial charge in [-0.25, -0.2) is 0 Å². The highest BCUT2D eigenvalue weighted by atomic mass is 16.3. The largest absolute Gasteiger partial charge is 0.396 e. The van der Waals surface area contributed by atoms with Gasteiger partial charge in [-0.3, -0.25) is 4.90 Å². The summed E-state index contributed by atoms with van der Waals surface area (Å²) in [6.07, 6.45) is 4.95. The molecular weight excluding hydrogens is 454 g/mol. The Morgan fingerprint density at radius 1 is 0.811 bits per heavy atom. The minimum Gasteiger partial charge on any atom is -0.396 e. The molecule has 2 N–H and O–H groups in total. The number of benzene rings is 3. The van der Waals surface area contributed by atoms with E-state index in [4.69, 9.17) is 0 Å². The van der Waals surface area contributed by atoms with Crippen molar-refractivity contribution in [1.29, 1.82) is 0 Å². The molecule has 0 bridgehead atoms. The Bertz CT molecular complexity index is 1140. The highest BCUT2D eigenvalue weighted by Crippen LogP contribution is 2.36. The minimum absolute atomic E-state index is 0.0351. The van der Waals surface area contributed by atoms with Crippen LogP contribution in [-0.2, 0) is 6.61 Å². The van der Waals surface area contributed by atoms with E-state index in [-0.39, 0.29) is 13.2 Å². The van der Waals surface area contributed by atoms with Crippen LogP contribution in [0, 0.1) is 0 Å². The summed E-state index contributed by atoms with van der Waals surface area (Å²) < 4.78 is 0. The average Bonchev–Trinajstić information content (AvgIpc) is 2.97. The molecule has 0 saturated carbocycles. The number of rotatable bonds is 9. The van der Waals surface area contributed by atoms with Crippen LogP contribution in [0.3, 0.4) is 0 Å². The SMILES string of the molecule is CC.CC(C)N1CC=C(c2ccc(/C(=C(/CCCO)c3ccccc3)c3ccc(CO)cc3)cc2)CC1. The van der Waals surface area contributed by atoms with E-state index in [1.54, 1.807) is 0 Å². The van der Waals surface area contributed by atoms with Crippen LogP contribution < -0.4 is 0 Å². The maximum Gasteiger partial charge on any atom is 0.0681 e. The van der Waals surface area contributed by atoms with Crippen molar-refractivity contribution in [2.75, 3.05) is 19.7 Å². The van der Waals surface area contributed by atoms with Crippen molar-refractivity contribution in [3.8, 4) is 0 Å². The summed E-state index contributed by atoms with van der Waals surface area (Å²) in [5, 5.41) is 19.2. The Morgan fingerprint density at radius 2 is 1.43 bits per heavy atom. The summed E-state index contributed by atoms with van der Waals surface area (Å²) in [4.78, 5) is 2.50. The zero-order valence-electron chi connectivity index (χ0n) is 23.0. The molecule has 3 aromatic carbocycles. The van der Waals surface area contributed by atoms with Crippen molar-refractivity contribution in [2.24, 2.45) is 0 Å². The Kier molecular flexibility index (Phi) is 11.3. The smallest absolute Gasteiger partial charge is 0.0681 e. The van der Waals surface area contributed by atoms with Crippen LogP contribution >= 0.6 is 0 Å². The summed E-state index contributed by atoms with van der Waals surface area (Å²) >= 11 is 0. The molecule has 0 amide bonds. The lowest BCUT2D eigenvalue weighted by molar-refractivity contribution is 0.245. The molecule has 3 heteroatoms. The van der Waals surface area contributed by atoms with Crippen molar-refractivity contribution in [3.63, 3.8) is 0 Å². The first-order chi connectivity index (χ1) is 18.1. The normalized spacial score (nSPS) is 14.5. The summed E-state index contributed by atoms with van der Waals surface area (Å²) in [7, 11) is 0. The van der Waals surface area contributed by atoms with E-state index < -0.39 is 0 Å². The number of hydrogen-bond donors (Lipinski definition) is 2. The van der Waals surface area contributed by atoms with Crippen LogP contribution in [0.5, 0.6) is 0 Å². The molecular formula is C34H43NO2. The molecule has 0 fully saturated rings. The minimum atomic E-state index is 0.0351. The monoisotopic (exact) mass is 497 g/mol. The molecule has 0 saturated heterocycles. The second kappa shape index (κ2) is 14.7. The first-order valence-electron chi connectivity index (χ1n) is 13.7. The van der Waals surface area contributed by atoms with Gasteiger partial charge in [0.15, 0.2) is 0 Å². The second-order valence-electron chi connectivity index (χ2n) is 9.55. The molecule has 1 aliphatic heterocycles. The average molecular weight is 498 g/mol. The van der Waals surface area contributed by atoms with E-state index in [0.717, 1.165) is 37.1 Å². The quantitative estimate of drug-likeness (QED) is 0.302. The van der Waals surface area contributed by atoms with Gasteiger partial charge in [-0.05, 0) is 77.6 Å². The predicted molar refractivity (Wildman–Crippen MR) is 158 cm³/mol. The van der Waals surface area contributed by atoms with Crippen molar-refractivity contribution >= 4 is 16.7 Å². The van der Waals surface area contributed by atoms with Gasteiger partial charge in [0.25, 0.3) is 0 Å². The molecule has 37 heavy (non-hydrogen) atoms. The second-order valence-corrected chi connectivity index (χ2v) is 9.55. The maximum atomic E-state index is 9.63. The number of nitrogens with zero attached hydrogens (tertiary/aromatic N) is 1. The van der Waals surface area contributed by atoms with Crippen LogP contribution in [0.1, 0.15) is 74.8 Å². The van der Waals surface area contributed by atoms with Gasteiger partial charge in [-0.15, -0.1) is 0 Å². The molecule has 1 heterocycles. The van der Waals surface area contributed by atoms with Crippen LogP contribution in [0.25, 0.3) is 16.7 Å². The third-order valence-corrected chi connectivity index (χ3v) is 6.95. The van der Waals surface area contributed by atoms with Gasteiger partial charge >= 0.3 is 0 Å². The zero-order valence-corrected chi connectivity index (χ0v) is 23.0. The fourth-order valence-corrected chi connectivity index (χ4v) is 4.87. The lowest BCUT2D eigenvalue weighted by Crippen LogP contribution is -2.34. The van der Waals surface area contributed by atoms with Gasteiger partial charge < -0.3 is 10.2 Å².